The van der Waals surface area contributed by atoms with Gasteiger partial charge in [-0.05, 0) is 42.0 Å². The third-order valence-corrected chi connectivity index (χ3v) is 5.92. The molecule has 2 aliphatic heterocycles. The summed E-state index contributed by atoms with van der Waals surface area (Å²) in [6.07, 6.45) is 0.259. The van der Waals surface area contributed by atoms with E-state index < -0.39 is 0 Å². The number of nitrogens with zero attached hydrogens (tertiary/aromatic N) is 3. The Bertz CT molecular complexity index is 877. The van der Waals surface area contributed by atoms with Gasteiger partial charge in [0.05, 0.1) is 26.1 Å². The van der Waals surface area contributed by atoms with Crippen LogP contribution >= 0.6 is 11.6 Å². The van der Waals surface area contributed by atoms with Gasteiger partial charge in [-0.15, -0.1) is 0 Å². The van der Waals surface area contributed by atoms with Gasteiger partial charge in [0, 0.05) is 36.9 Å². The molecule has 0 radical (unpaired) electrons. The van der Waals surface area contributed by atoms with E-state index in [-0.39, 0.29) is 24.3 Å². The Morgan fingerprint density at radius 2 is 1.62 bits per heavy atom. The third-order valence-electron chi connectivity index (χ3n) is 5.67. The Balaban J connectivity index is 1.36. The lowest BCUT2D eigenvalue weighted by Crippen LogP contribution is -2.52. The van der Waals surface area contributed by atoms with Gasteiger partial charge in [-0.1, -0.05) is 23.7 Å². The molecule has 0 N–H and O–H groups in total. The summed E-state index contributed by atoms with van der Waals surface area (Å²) in [5.41, 5.74) is 2.05. The third kappa shape index (κ3) is 4.23. The molecule has 2 heterocycles. The maximum Gasteiger partial charge on any atom is 0.247 e. The number of ether oxygens (including phenoxy) is 1. The fourth-order valence-electron chi connectivity index (χ4n) is 3.97. The van der Waals surface area contributed by atoms with Crippen LogP contribution in [0.4, 0.5) is 5.69 Å². The number of carbonyl (C=O) groups is 2. The highest BCUT2D eigenvalue weighted by Crippen LogP contribution is 2.25. The largest absolute Gasteiger partial charge is 0.497 e. The van der Waals surface area contributed by atoms with Gasteiger partial charge in [0.1, 0.15) is 5.75 Å². The zero-order valence-corrected chi connectivity index (χ0v) is 17.1. The van der Waals surface area contributed by atoms with E-state index in [2.05, 4.69) is 9.80 Å². The SMILES string of the molecule is COc1ccc(N2CCN([C@H]3CC(=O)N(Cc4ccc(Cl)cc4)C3=O)CC2)cc1. The molecule has 0 aliphatic carbocycles. The van der Waals surface area contributed by atoms with Gasteiger partial charge in [0.25, 0.3) is 0 Å². The van der Waals surface area contributed by atoms with E-state index in [0.29, 0.717) is 11.6 Å². The summed E-state index contributed by atoms with van der Waals surface area (Å²) in [6, 6.07) is 14.9. The normalized spacial score (nSPS) is 20.4. The van der Waals surface area contributed by atoms with Gasteiger partial charge in [-0.2, -0.15) is 0 Å². The number of methoxy groups -OCH3 is 1. The van der Waals surface area contributed by atoms with Crippen LogP contribution in [0.5, 0.6) is 5.75 Å². The van der Waals surface area contributed by atoms with Crippen LogP contribution in [0.1, 0.15) is 12.0 Å². The van der Waals surface area contributed by atoms with Crippen molar-refractivity contribution in [3.8, 4) is 5.75 Å². The summed E-state index contributed by atoms with van der Waals surface area (Å²) < 4.78 is 5.21. The van der Waals surface area contributed by atoms with Crippen molar-refractivity contribution in [1.29, 1.82) is 0 Å². The highest BCUT2D eigenvalue weighted by atomic mass is 35.5. The molecule has 2 amide bonds. The van der Waals surface area contributed by atoms with Gasteiger partial charge in [-0.3, -0.25) is 19.4 Å². The predicted octanol–water partition coefficient (Wildman–Crippen LogP) is 2.80. The molecule has 2 aliphatic rings. The molecule has 0 saturated carbocycles. The molecule has 4 rings (SSSR count). The van der Waals surface area contributed by atoms with Crippen molar-refractivity contribution in [2.75, 3.05) is 38.2 Å². The van der Waals surface area contributed by atoms with Crippen LogP contribution in [0.15, 0.2) is 48.5 Å². The lowest BCUT2D eigenvalue weighted by Gasteiger charge is -2.38. The molecule has 1 atom stereocenters. The summed E-state index contributed by atoms with van der Waals surface area (Å²) in [6.45, 7) is 3.45. The number of imide groups is 1. The summed E-state index contributed by atoms with van der Waals surface area (Å²) in [4.78, 5) is 31.2. The van der Waals surface area contributed by atoms with Crippen molar-refractivity contribution in [2.45, 2.75) is 19.0 Å². The first-order valence-electron chi connectivity index (χ1n) is 9.77. The molecule has 2 aromatic carbocycles. The minimum Gasteiger partial charge on any atom is -0.497 e. The number of halogens is 1. The average molecular weight is 414 g/mol. The van der Waals surface area contributed by atoms with Crippen molar-refractivity contribution in [1.82, 2.24) is 9.80 Å². The zero-order chi connectivity index (χ0) is 20.4. The molecule has 0 spiro atoms. The number of carbonyl (C=O) groups excluding carboxylic acids is 2. The molecule has 2 saturated heterocycles. The van der Waals surface area contributed by atoms with Gasteiger partial charge < -0.3 is 9.64 Å². The van der Waals surface area contributed by atoms with Crippen LogP contribution in [0, 0.1) is 0 Å². The highest BCUT2D eigenvalue weighted by Gasteiger charge is 2.42. The van der Waals surface area contributed by atoms with Gasteiger partial charge in [0.2, 0.25) is 11.8 Å². The molecular weight excluding hydrogens is 390 g/mol. The second-order valence-electron chi connectivity index (χ2n) is 7.39. The smallest absolute Gasteiger partial charge is 0.247 e. The first-order chi connectivity index (χ1) is 14.0. The minimum atomic E-state index is -0.354. The second-order valence-corrected chi connectivity index (χ2v) is 7.82. The Hall–Kier alpha value is -2.57. The summed E-state index contributed by atoms with van der Waals surface area (Å²) in [7, 11) is 1.66. The standard InChI is InChI=1S/C22H24ClN3O3/c1-29-19-8-6-18(7-9-19)24-10-12-25(13-11-24)20-14-21(27)26(22(20)28)15-16-2-4-17(23)5-3-16/h2-9,20H,10-15H2,1H3/t20-/m0/s1. The van der Waals surface area contributed by atoms with Gasteiger partial charge in [0.15, 0.2) is 0 Å². The number of piperazine rings is 1. The van der Waals surface area contributed by atoms with Crippen molar-refractivity contribution < 1.29 is 14.3 Å². The van der Waals surface area contributed by atoms with E-state index in [9.17, 15) is 9.59 Å². The van der Waals surface area contributed by atoms with Crippen molar-refractivity contribution in [3.05, 3.63) is 59.1 Å². The van der Waals surface area contributed by atoms with Crippen LogP contribution < -0.4 is 9.64 Å². The Labute approximate surface area is 175 Å². The molecule has 29 heavy (non-hydrogen) atoms. The quantitative estimate of drug-likeness (QED) is 0.705. The molecule has 7 heteroatoms. The Morgan fingerprint density at radius 3 is 2.24 bits per heavy atom. The molecule has 6 nitrogen and oxygen atoms in total. The zero-order valence-electron chi connectivity index (χ0n) is 16.4. The van der Waals surface area contributed by atoms with Crippen LogP contribution in [0.3, 0.4) is 0 Å². The van der Waals surface area contributed by atoms with E-state index >= 15 is 0 Å². The summed E-state index contributed by atoms with van der Waals surface area (Å²) >= 11 is 5.92. The Kier molecular flexibility index (Phi) is 5.74. The van der Waals surface area contributed by atoms with E-state index in [1.54, 1.807) is 19.2 Å². The number of hydrogen-bond acceptors (Lipinski definition) is 5. The van der Waals surface area contributed by atoms with E-state index in [0.717, 1.165) is 43.2 Å². The summed E-state index contributed by atoms with van der Waals surface area (Å²) in [5, 5.41) is 0.639. The number of rotatable bonds is 5. The van der Waals surface area contributed by atoms with Crippen molar-refractivity contribution in [2.24, 2.45) is 0 Å². The number of amides is 2. The second kappa shape index (κ2) is 8.43. The molecule has 2 aromatic rings. The lowest BCUT2D eigenvalue weighted by atomic mass is 10.1. The predicted molar refractivity (Wildman–Crippen MR) is 112 cm³/mol. The number of hydrogen-bond donors (Lipinski definition) is 0. The monoisotopic (exact) mass is 413 g/mol. The van der Waals surface area contributed by atoms with Crippen molar-refractivity contribution >= 4 is 29.1 Å². The van der Waals surface area contributed by atoms with E-state index in [1.165, 1.54) is 4.90 Å². The number of likely N-dealkylation sites (tertiary alicyclic amines) is 1. The molecule has 0 unspecified atom stereocenters. The first-order valence-corrected chi connectivity index (χ1v) is 10.1. The average Bonchev–Trinajstić information content (AvgIpc) is 3.04. The van der Waals surface area contributed by atoms with Gasteiger partial charge >= 0.3 is 0 Å². The fourth-order valence-corrected chi connectivity index (χ4v) is 4.10. The first kappa shape index (κ1) is 19.7. The van der Waals surface area contributed by atoms with E-state index in [4.69, 9.17) is 16.3 Å². The van der Waals surface area contributed by atoms with Crippen LogP contribution in [-0.2, 0) is 16.1 Å². The van der Waals surface area contributed by atoms with E-state index in [1.807, 2.05) is 36.4 Å². The van der Waals surface area contributed by atoms with Crippen LogP contribution in [0.2, 0.25) is 5.02 Å². The van der Waals surface area contributed by atoms with Gasteiger partial charge in [-0.25, -0.2) is 0 Å². The maximum atomic E-state index is 12.9. The Morgan fingerprint density at radius 1 is 0.966 bits per heavy atom. The fraction of sp³-hybridized carbons (Fsp3) is 0.364. The number of anilines is 1. The minimum absolute atomic E-state index is 0.0946. The molecule has 0 bridgehead atoms. The molecule has 2 fully saturated rings. The molecule has 0 aromatic heterocycles. The van der Waals surface area contributed by atoms with Crippen LogP contribution in [-0.4, -0.2) is 60.9 Å². The lowest BCUT2D eigenvalue weighted by molar-refractivity contribution is -0.140. The molecule has 152 valence electrons. The maximum absolute atomic E-state index is 12.9. The number of benzene rings is 2. The van der Waals surface area contributed by atoms with Crippen LogP contribution in [0.25, 0.3) is 0 Å². The highest BCUT2D eigenvalue weighted by molar-refractivity contribution is 6.30. The topological polar surface area (TPSA) is 53.1 Å². The molecular formula is C22H24ClN3O3. The summed E-state index contributed by atoms with van der Waals surface area (Å²) in [5.74, 6) is 0.638. The van der Waals surface area contributed by atoms with Crippen molar-refractivity contribution in [3.63, 3.8) is 0 Å².